The normalized spacial score (nSPS) is 12.2. The summed E-state index contributed by atoms with van der Waals surface area (Å²) < 4.78 is 33.2. The summed E-state index contributed by atoms with van der Waals surface area (Å²) >= 11 is -6.76. The molecule has 24 heavy (non-hydrogen) atoms. The first kappa shape index (κ1) is 22.7. The predicted octanol–water partition coefficient (Wildman–Crippen LogP) is 1.58. The van der Waals surface area contributed by atoms with Crippen molar-refractivity contribution in [3.8, 4) is 0 Å². The van der Waals surface area contributed by atoms with Gasteiger partial charge in [0.05, 0.1) is 0 Å². The molecular weight excluding hydrogens is 360 g/mol. The molecule has 0 atom stereocenters. The van der Waals surface area contributed by atoms with Gasteiger partial charge in [0.15, 0.2) is 0 Å². The van der Waals surface area contributed by atoms with Gasteiger partial charge in [-0.1, -0.05) is 0 Å². The number of carbonyl (C=O) groups excluding carboxylic acids is 4. The molecular formula is C14H24O9Ti. The minimum atomic E-state index is -6.76. The van der Waals surface area contributed by atoms with Gasteiger partial charge < -0.3 is 0 Å². The zero-order valence-electron chi connectivity index (χ0n) is 14.7. The fourth-order valence-corrected chi connectivity index (χ4v) is 6.01. The summed E-state index contributed by atoms with van der Waals surface area (Å²) in [5.74, 6) is -3.53. The molecule has 0 aromatic carbocycles. The van der Waals surface area contributed by atoms with Gasteiger partial charge >= 0.3 is 143 Å². The Labute approximate surface area is 143 Å². The molecule has 0 saturated carbocycles. The molecule has 0 amide bonds. The first-order valence-corrected chi connectivity index (χ1v) is 10.6. The SMILES string of the molecule is CC(=O)CC(=O)[O][Ti](=[O])([O]C(=O)CC(C)=O)([O]C(C)C)[O]C(C)C. The number of Topliss-reactive ketones (excluding diaryl/α,β-unsaturated/α-hetero) is 2. The van der Waals surface area contributed by atoms with Crippen LogP contribution in [0.4, 0.5) is 0 Å². The van der Waals surface area contributed by atoms with Crippen LogP contribution in [0.5, 0.6) is 0 Å². The number of hydrogen-bond donors (Lipinski definition) is 0. The van der Waals surface area contributed by atoms with Gasteiger partial charge in [0, 0.05) is 0 Å². The molecule has 0 saturated heterocycles. The maximum absolute atomic E-state index is 13.3. The third-order valence-electron chi connectivity index (χ3n) is 2.20. The van der Waals surface area contributed by atoms with Crippen LogP contribution in [0.2, 0.25) is 0 Å². The van der Waals surface area contributed by atoms with Gasteiger partial charge in [0.2, 0.25) is 0 Å². The first-order chi connectivity index (χ1) is 10.8. The topological polar surface area (TPSA) is 122 Å². The third-order valence-corrected chi connectivity index (χ3v) is 6.63. The van der Waals surface area contributed by atoms with E-state index in [-0.39, 0.29) is 0 Å². The molecule has 0 heterocycles. The van der Waals surface area contributed by atoms with Crippen molar-refractivity contribution in [3.05, 3.63) is 0 Å². The van der Waals surface area contributed by atoms with Crippen molar-refractivity contribution < 1.29 is 52.6 Å². The van der Waals surface area contributed by atoms with E-state index in [1.165, 1.54) is 27.7 Å². The van der Waals surface area contributed by atoms with E-state index in [0.29, 0.717) is 0 Å². The van der Waals surface area contributed by atoms with E-state index < -0.39 is 65.4 Å². The summed E-state index contributed by atoms with van der Waals surface area (Å²) in [5, 5.41) is 0. The van der Waals surface area contributed by atoms with Gasteiger partial charge in [-0.2, -0.15) is 0 Å². The number of rotatable bonds is 10. The Morgan fingerprint density at radius 2 is 1.04 bits per heavy atom. The van der Waals surface area contributed by atoms with Crippen molar-refractivity contribution in [2.45, 2.75) is 66.6 Å². The van der Waals surface area contributed by atoms with E-state index in [2.05, 4.69) is 0 Å². The van der Waals surface area contributed by atoms with Crippen molar-refractivity contribution in [1.82, 2.24) is 0 Å². The molecule has 10 heteroatoms. The zero-order chi connectivity index (χ0) is 19.2. The molecule has 0 aliphatic carbocycles. The molecule has 0 fully saturated rings. The van der Waals surface area contributed by atoms with E-state index in [1.807, 2.05) is 0 Å². The second-order valence-electron chi connectivity index (χ2n) is 5.87. The van der Waals surface area contributed by atoms with Crippen molar-refractivity contribution in [2.75, 3.05) is 0 Å². The van der Waals surface area contributed by atoms with E-state index in [1.54, 1.807) is 0 Å². The van der Waals surface area contributed by atoms with Crippen LogP contribution in [-0.2, 0) is 52.6 Å². The predicted molar refractivity (Wildman–Crippen MR) is 75.9 cm³/mol. The molecule has 0 radical (unpaired) electrons. The van der Waals surface area contributed by atoms with Gasteiger partial charge in [-0.25, -0.2) is 0 Å². The monoisotopic (exact) mass is 384 g/mol. The van der Waals surface area contributed by atoms with Crippen LogP contribution in [0.15, 0.2) is 0 Å². The van der Waals surface area contributed by atoms with Gasteiger partial charge in [-0.3, -0.25) is 0 Å². The Morgan fingerprint density at radius 1 is 0.750 bits per heavy atom. The van der Waals surface area contributed by atoms with Crippen LogP contribution in [0.1, 0.15) is 54.4 Å². The fraction of sp³-hybridized carbons (Fsp3) is 0.714. The van der Waals surface area contributed by atoms with E-state index in [4.69, 9.17) is 13.3 Å². The van der Waals surface area contributed by atoms with Crippen LogP contribution >= 0.6 is 0 Å². The van der Waals surface area contributed by atoms with Crippen molar-refractivity contribution >= 4 is 23.5 Å². The van der Waals surface area contributed by atoms with E-state index >= 15 is 0 Å². The summed E-state index contributed by atoms with van der Waals surface area (Å²) in [6, 6.07) is 0. The second kappa shape index (κ2) is 8.71. The molecule has 9 nitrogen and oxygen atoms in total. The average Bonchev–Trinajstić information content (AvgIpc) is 2.20. The van der Waals surface area contributed by atoms with E-state index in [0.717, 1.165) is 13.8 Å². The van der Waals surface area contributed by atoms with Crippen LogP contribution in [0, 0.1) is 0 Å². The Morgan fingerprint density at radius 3 is 1.25 bits per heavy atom. The summed E-state index contributed by atoms with van der Waals surface area (Å²) in [6.45, 7) is 8.10. The molecule has 0 aromatic heterocycles. The molecule has 0 spiro atoms. The van der Waals surface area contributed by atoms with Crippen molar-refractivity contribution in [1.29, 1.82) is 0 Å². The maximum atomic E-state index is 13.3. The third kappa shape index (κ3) is 8.53. The Kier molecular flexibility index (Phi) is 8.24. The van der Waals surface area contributed by atoms with Gasteiger partial charge in [0.25, 0.3) is 0 Å². The van der Waals surface area contributed by atoms with Crippen LogP contribution < -0.4 is 0 Å². The number of ketones is 2. The van der Waals surface area contributed by atoms with Gasteiger partial charge in [-0.15, -0.1) is 0 Å². The summed E-state index contributed by atoms with van der Waals surface area (Å²) in [6.07, 6.45) is -2.99. The minimum absolute atomic E-state index is 0.551. The zero-order valence-corrected chi connectivity index (χ0v) is 16.3. The molecule has 0 rings (SSSR count). The van der Waals surface area contributed by atoms with Crippen LogP contribution in [0.25, 0.3) is 0 Å². The Balaban J connectivity index is 5.82. The number of hydrogen-bond acceptors (Lipinski definition) is 9. The molecule has 0 aliphatic rings. The standard InChI is InChI=1S/2C4H6O3.2C3H7O.O.Ti/c2*1-3(5)2-4(6)7;2*1-3(2)4;;/h2*2H2,1H3,(H,6,7);2*3H,1-2H3;;/q;;2*-1;;+4/p-2. The van der Waals surface area contributed by atoms with Gasteiger partial charge in [0.1, 0.15) is 0 Å². The molecule has 0 bridgehead atoms. The summed E-state index contributed by atoms with van der Waals surface area (Å²) in [5.41, 5.74) is 0. The van der Waals surface area contributed by atoms with Crippen molar-refractivity contribution in [2.24, 2.45) is 0 Å². The van der Waals surface area contributed by atoms with E-state index in [9.17, 15) is 22.5 Å². The molecule has 0 unspecified atom stereocenters. The Bertz CT molecular complexity index is 527. The average molecular weight is 384 g/mol. The Hall–Kier alpha value is -1.29. The van der Waals surface area contributed by atoms with Gasteiger partial charge in [-0.05, 0) is 0 Å². The van der Waals surface area contributed by atoms with Crippen LogP contribution in [0.3, 0.4) is 0 Å². The van der Waals surface area contributed by atoms with Crippen molar-refractivity contribution in [3.63, 3.8) is 0 Å². The summed E-state index contributed by atoms with van der Waals surface area (Å²) in [7, 11) is 0. The van der Waals surface area contributed by atoms with Crippen LogP contribution in [-0.4, -0.2) is 35.7 Å². The molecule has 0 aliphatic heterocycles. The fourth-order valence-electron chi connectivity index (χ4n) is 1.77. The molecule has 0 aromatic rings. The number of carbonyl (C=O) groups is 4. The molecule has 0 N–H and O–H groups in total. The quantitative estimate of drug-likeness (QED) is 0.408. The molecule has 138 valence electrons. The second-order valence-corrected chi connectivity index (χ2v) is 9.85. The summed E-state index contributed by atoms with van der Waals surface area (Å²) in [4.78, 5) is 45.7. The first-order valence-electron chi connectivity index (χ1n) is 7.44.